The van der Waals surface area contributed by atoms with Crippen LogP contribution < -0.4 is 5.32 Å². The van der Waals surface area contributed by atoms with E-state index in [2.05, 4.69) is 10.1 Å². The second-order valence-corrected chi connectivity index (χ2v) is 9.45. The second kappa shape index (κ2) is 10.3. The summed E-state index contributed by atoms with van der Waals surface area (Å²) in [6.45, 7) is 2.11. The molecule has 0 saturated carbocycles. The summed E-state index contributed by atoms with van der Waals surface area (Å²) in [5.41, 5.74) is 2.25. The molecule has 1 aliphatic heterocycles. The fraction of sp³-hybridized carbons (Fsp3) is 0.333. The smallest absolute Gasteiger partial charge is 0.405 e. The van der Waals surface area contributed by atoms with E-state index in [9.17, 15) is 22.8 Å². The van der Waals surface area contributed by atoms with E-state index in [-0.39, 0.29) is 23.1 Å². The molecule has 1 N–H and O–H groups in total. The van der Waals surface area contributed by atoms with Crippen LogP contribution in [0.15, 0.2) is 59.3 Å². The molecular formula is C27H26F3N5O3. The third-order valence-electron chi connectivity index (χ3n) is 6.78. The van der Waals surface area contributed by atoms with Crippen LogP contribution in [-0.2, 0) is 6.54 Å². The van der Waals surface area contributed by atoms with E-state index in [0.29, 0.717) is 36.6 Å². The largest absolute Gasteiger partial charge is 0.431 e. The lowest BCUT2D eigenvalue weighted by Crippen LogP contribution is -2.39. The molecule has 5 rings (SSSR count). The van der Waals surface area contributed by atoms with Crippen molar-refractivity contribution in [1.29, 1.82) is 0 Å². The van der Waals surface area contributed by atoms with E-state index in [0.717, 1.165) is 23.8 Å². The third kappa shape index (κ3) is 5.56. The van der Waals surface area contributed by atoms with Crippen molar-refractivity contribution in [2.75, 3.05) is 19.6 Å². The van der Waals surface area contributed by atoms with Crippen LogP contribution >= 0.6 is 0 Å². The highest BCUT2D eigenvalue weighted by atomic mass is 19.4. The first-order valence-electron chi connectivity index (χ1n) is 12.3. The monoisotopic (exact) mass is 525 g/mol. The molecule has 0 bridgehead atoms. The molecule has 0 spiro atoms. The molecule has 0 radical (unpaired) electrons. The number of piperidine rings is 1. The highest BCUT2D eigenvalue weighted by Crippen LogP contribution is 2.26. The summed E-state index contributed by atoms with van der Waals surface area (Å²) in [7, 11) is 0. The summed E-state index contributed by atoms with van der Waals surface area (Å²) >= 11 is 0. The Kier molecular flexibility index (Phi) is 6.92. The van der Waals surface area contributed by atoms with Crippen LogP contribution in [0.4, 0.5) is 13.2 Å². The number of alkyl halides is 3. The maximum Gasteiger partial charge on any atom is 0.405 e. The van der Waals surface area contributed by atoms with Crippen molar-refractivity contribution in [2.24, 2.45) is 5.92 Å². The van der Waals surface area contributed by atoms with Crippen molar-refractivity contribution in [3.05, 3.63) is 71.7 Å². The maximum absolute atomic E-state index is 12.9. The molecule has 198 valence electrons. The van der Waals surface area contributed by atoms with Crippen LogP contribution in [0, 0.1) is 12.8 Å². The number of carbonyl (C=O) groups excluding carboxylic acids is 2. The molecule has 1 fully saturated rings. The number of hydrogen-bond acceptors (Lipinski definition) is 5. The summed E-state index contributed by atoms with van der Waals surface area (Å²) in [4.78, 5) is 31.2. The van der Waals surface area contributed by atoms with Crippen LogP contribution in [0.1, 0.15) is 39.3 Å². The minimum Gasteiger partial charge on any atom is -0.431 e. The van der Waals surface area contributed by atoms with Gasteiger partial charge in [-0.15, -0.1) is 0 Å². The van der Waals surface area contributed by atoms with Gasteiger partial charge in [-0.1, -0.05) is 18.2 Å². The van der Waals surface area contributed by atoms with E-state index >= 15 is 0 Å². The molecule has 3 heterocycles. The Labute approximate surface area is 216 Å². The average molecular weight is 526 g/mol. The quantitative estimate of drug-likeness (QED) is 0.389. The molecular weight excluding hydrogens is 499 g/mol. The number of rotatable bonds is 6. The van der Waals surface area contributed by atoms with Crippen molar-refractivity contribution < 1.29 is 27.2 Å². The number of likely N-dealkylation sites (tertiary alicyclic amines) is 1. The van der Waals surface area contributed by atoms with Crippen molar-refractivity contribution >= 4 is 22.7 Å². The number of oxazole rings is 1. The Morgan fingerprint density at radius 3 is 2.55 bits per heavy atom. The molecule has 2 aromatic heterocycles. The number of carbonyl (C=O) groups is 2. The molecule has 4 aromatic rings. The molecule has 8 nitrogen and oxygen atoms in total. The number of nitrogens with zero attached hydrogens (tertiary/aromatic N) is 4. The van der Waals surface area contributed by atoms with Gasteiger partial charge in [0.25, 0.3) is 11.8 Å². The number of halogens is 3. The lowest BCUT2D eigenvalue weighted by Gasteiger charge is -2.31. The number of aromatic nitrogens is 3. The standard InChI is InChI=1S/C27H26F3N5O3/c1-17-20(24(36)32-16-27(28,29)30)7-8-22-21(17)15-35(33-22)14-18-9-11-34(12-10-18)26(37)23-13-31-25(38-23)19-5-3-2-4-6-19/h2-8,13,15,18H,9-12,14,16H2,1H3,(H,32,36). The molecule has 1 aliphatic rings. The lowest BCUT2D eigenvalue weighted by molar-refractivity contribution is -0.123. The molecule has 38 heavy (non-hydrogen) atoms. The zero-order valence-corrected chi connectivity index (χ0v) is 20.7. The summed E-state index contributed by atoms with van der Waals surface area (Å²) in [6.07, 6.45) is 0.379. The summed E-state index contributed by atoms with van der Waals surface area (Å²) in [6, 6.07) is 12.5. The van der Waals surface area contributed by atoms with Gasteiger partial charge >= 0.3 is 6.18 Å². The minimum absolute atomic E-state index is 0.185. The Hall–Kier alpha value is -4.15. The molecule has 0 atom stereocenters. The zero-order chi connectivity index (χ0) is 26.9. The molecule has 2 amide bonds. The van der Waals surface area contributed by atoms with E-state index < -0.39 is 18.6 Å². The van der Waals surface area contributed by atoms with E-state index in [1.165, 1.54) is 12.3 Å². The van der Waals surface area contributed by atoms with Gasteiger partial charge in [-0.3, -0.25) is 14.3 Å². The SMILES string of the molecule is Cc1c(C(=O)NCC(F)(F)F)ccc2nn(CC3CCN(C(=O)c4cnc(-c5ccccc5)o4)CC3)cc12. The normalized spacial score (nSPS) is 14.7. The van der Waals surface area contributed by atoms with Gasteiger partial charge < -0.3 is 14.6 Å². The van der Waals surface area contributed by atoms with Gasteiger partial charge in [0.05, 0.1) is 11.7 Å². The third-order valence-corrected chi connectivity index (χ3v) is 6.78. The summed E-state index contributed by atoms with van der Waals surface area (Å²) in [5, 5.41) is 7.22. The number of aryl methyl sites for hydroxylation is 1. The first-order valence-corrected chi connectivity index (χ1v) is 12.3. The highest BCUT2D eigenvalue weighted by Gasteiger charge is 2.29. The van der Waals surface area contributed by atoms with Crippen LogP contribution in [0.3, 0.4) is 0 Å². The predicted molar refractivity (Wildman–Crippen MR) is 133 cm³/mol. The number of benzene rings is 2. The van der Waals surface area contributed by atoms with Crippen LogP contribution in [0.5, 0.6) is 0 Å². The Morgan fingerprint density at radius 1 is 1.11 bits per heavy atom. The highest BCUT2D eigenvalue weighted by molar-refractivity contribution is 6.00. The van der Waals surface area contributed by atoms with Gasteiger partial charge in [0, 0.05) is 42.3 Å². The Balaban J connectivity index is 1.19. The Morgan fingerprint density at radius 2 is 1.84 bits per heavy atom. The van der Waals surface area contributed by atoms with E-state index in [1.54, 1.807) is 22.6 Å². The molecule has 1 saturated heterocycles. The maximum atomic E-state index is 12.9. The topological polar surface area (TPSA) is 93.3 Å². The van der Waals surface area contributed by atoms with Crippen molar-refractivity contribution in [2.45, 2.75) is 32.5 Å². The lowest BCUT2D eigenvalue weighted by atomic mass is 9.96. The van der Waals surface area contributed by atoms with Crippen molar-refractivity contribution in [3.8, 4) is 11.5 Å². The van der Waals surface area contributed by atoms with Gasteiger partial charge in [0.2, 0.25) is 11.7 Å². The second-order valence-electron chi connectivity index (χ2n) is 9.45. The van der Waals surface area contributed by atoms with Gasteiger partial charge in [-0.2, -0.15) is 18.3 Å². The summed E-state index contributed by atoms with van der Waals surface area (Å²) in [5.74, 6) is -0.0426. The fourth-order valence-electron chi connectivity index (χ4n) is 4.72. The van der Waals surface area contributed by atoms with Gasteiger partial charge in [0.1, 0.15) is 6.54 Å². The number of fused-ring (bicyclic) bond motifs is 1. The molecule has 2 aromatic carbocycles. The van der Waals surface area contributed by atoms with Crippen LogP contribution in [-0.4, -0.2) is 57.3 Å². The van der Waals surface area contributed by atoms with Crippen molar-refractivity contribution in [3.63, 3.8) is 0 Å². The van der Waals surface area contributed by atoms with Gasteiger partial charge in [0.15, 0.2) is 0 Å². The molecule has 11 heteroatoms. The van der Waals surface area contributed by atoms with Crippen LogP contribution in [0.2, 0.25) is 0 Å². The minimum atomic E-state index is -4.47. The first kappa shape index (κ1) is 25.5. The van der Waals surface area contributed by atoms with Crippen LogP contribution in [0.25, 0.3) is 22.4 Å². The van der Waals surface area contributed by atoms with Gasteiger partial charge in [-0.25, -0.2) is 4.98 Å². The average Bonchev–Trinajstić information content (AvgIpc) is 3.56. The number of nitrogens with one attached hydrogen (secondary N) is 1. The van der Waals surface area contributed by atoms with E-state index in [4.69, 9.17) is 4.42 Å². The Bertz CT molecular complexity index is 1450. The fourth-order valence-corrected chi connectivity index (χ4v) is 4.72. The van der Waals surface area contributed by atoms with Crippen molar-refractivity contribution in [1.82, 2.24) is 25.0 Å². The molecule has 0 aliphatic carbocycles. The summed E-state index contributed by atoms with van der Waals surface area (Å²) < 4.78 is 44.9. The van der Waals surface area contributed by atoms with E-state index in [1.807, 2.05) is 41.8 Å². The van der Waals surface area contributed by atoms with Gasteiger partial charge in [-0.05, 0) is 55.5 Å². The zero-order valence-electron chi connectivity index (χ0n) is 20.7. The number of hydrogen-bond donors (Lipinski definition) is 1. The first-order chi connectivity index (χ1) is 18.2. The number of amides is 2. The molecule has 0 unspecified atom stereocenters. The predicted octanol–water partition coefficient (Wildman–Crippen LogP) is 4.84.